The Labute approximate surface area is 60.9 Å². The molecule has 0 aromatic carbocycles. The van der Waals surface area contributed by atoms with Crippen LogP contribution in [0.15, 0.2) is 12.2 Å². The van der Waals surface area contributed by atoms with E-state index in [1.807, 2.05) is 0 Å². The van der Waals surface area contributed by atoms with Crippen molar-refractivity contribution < 1.29 is 14.4 Å². The summed E-state index contributed by atoms with van der Waals surface area (Å²) < 4.78 is 10.6. The van der Waals surface area contributed by atoms with Gasteiger partial charge in [-0.2, -0.15) is 0 Å². The second-order valence-electron chi connectivity index (χ2n) is 2.09. The molecule has 0 aliphatic carbocycles. The monoisotopic (exact) mass is 164 g/mol. The van der Waals surface area contributed by atoms with Crippen LogP contribution in [0.25, 0.3) is 0 Å². The minimum Gasteiger partial charge on any atom is -0.324 e. The topological polar surface area (TPSA) is 57.5 Å². The van der Waals surface area contributed by atoms with Crippen molar-refractivity contribution >= 4 is 7.60 Å². The van der Waals surface area contributed by atoms with Gasteiger partial charge in [0.2, 0.25) is 0 Å². The molecule has 0 aromatic heterocycles. The van der Waals surface area contributed by atoms with Crippen LogP contribution in [-0.2, 0) is 4.57 Å². The van der Waals surface area contributed by atoms with Crippen molar-refractivity contribution in [3.05, 3.63) is 12.2 Å². The van der Waals surface area contributed by atoms with Gasteiger partial charge in [0, 0.05) is 0 Å². The summed E-state index contributed by atoms with van der Waals surface area (Å²) in [6, 6.07) is 0. The molecule has 0 amide bonds. The first-order valence-electron chi connectivity index (χ1n) is 3.20. The Hall–Kier alpha value is -0.110. The maximum Gasteiger partial charge on any atom is 0.332 e. The van der Waals surface area contributed by atoms with Gasteiger partial charge >= 0.3 is 7.60 Å². The molecule has 3 nitrogen and oxygen atoms in total. The molecule has 2 N–H and O–H groups in total. The van der Waals surface area contributed by atoms with E-state index in [0.717, 1.165) is 0 Å². The normalized spacial score (nSPS) is 16.0. The zero-order chi connectivity index (χ0) is 8.20. The number of rotatable bonds is 3. The first-order chi connectivity index (χ1) is 4.52. The van der Waals surface area contributed by atoms with Crippen molar-refractivity contribution in [2.75, 3.05) is 0 Å². The van der Waals surface area contributed by atoms with Crippen molar-refractivity contribution in [1.82, 2.24) is 0 Å². The predicted octanol–water partition coefficient (Wildman–Crippen LogP) is 1.52. The van der Waals surface area contributed by atoms with Gasteiger partial charge in [0.05, 0.1) is 5.66 Å². The average molecular weight is 164 g/mol. The van der Waals surface area contributed by atoms with Crippen molar-refractivity contribution in [3.8, 4) is 0 Å². The van der Waals surface area contributed by atoms with Gasteiger partial charge in [0.25, 0.3) is 0 Å². The molecule has 0 radical (unpaired) electrons. The van der Waals surface area contributed by atoms with Gasteiger partial charge in [0.15, 0.2) is 0 Å². The fourth-order valence-corrected chi connectivity index (χ4v) is 1.58. The molecule has 0 aromatic rings. The van der Waals surface area contributed by atoms with E-state index in [1.165, 1.54) is 0 Å². The molecule has 1 atom stereocenters. The van der Waals surface area contributed by atoms with Crippen LogP contribution in [0.4, 0.5) is 0 Å². The van der Waals surface area contributed by atoms with E-state index in [-0.39, 0.29) is 0 Å². The van der Waals surface area contributed by atoms with Crippen LogP contribution in [0, 0.1) is 0 Å². The van der Waals surface area contributed by atoms with Crippen LogP contribution in [-0.4, -0.2) is 15.4 Å². The Bertz CT molecular complexity index is 158. The molecular formula is C6H13O3P. The summed E-state index contributed by atoms with van der Waals surface area (Å²) in [5, 5.41) is 0. The van der Waals surface area contributed by atoms with Crippen LogP contribution >= 0.6 is 7.60 Å². The molecule has 0 aliphatic heterocycles. The summed E-state index contributed by atoms with van der Waals surface area (Å²) in [5.41, 5.74) is -0.600. The van der Waals surface area contributed by atoms with E-state index in [1.54, 1.807) is 26.0 Å². The van der Waals surface area contributed by atoms with E-state index in [2.05, 4.69) is 0 Å². The van der Waals surface area contributed by atoms with E-state index in [9.17, 15) is 4.57 Å². The third-order valence-corrected chi connectivity index (χ3v) is 2.67. The zero-order valence-electron chi connectivity index (χ0n) is 6.19. The van der Waals surface area contributed by atoms with Gasteiger partial charge in [0.1, 0.15) is 0 Å². The van der Waals surface area contributed by atoms with Crippen molar-refractivity contribution in [2.45, 2.75) is 25.9 Å². The highest BCUT2D eigenvalue weighted by Crippen LogP contribution is 2.43. The number of allylic oxidation sites excluding steroid dienone is 2. The fourth-order valence-electron chi connectivity index (χ4n) is 0.708. The van der Waals surface area contributed by atoms with Gasteiger partial charge in [-0.1, -0.05) is 19.1 Å². The number of hydrogen-bond acceptors (Lipinski definition) is 1. The van der Waals surface area contributed by atoms with Crippen molar-refractivity contribution in [2.24, 2.45) is 0 Å². The summed E-state index contributed by atoms with van der Waals surface area (Å²) in [5.74, 6) is 0. The van der Waals surface area contributed by atoms with Crippen LogP contribution in [0.2, 0.25) is 0 Å². The van der Waals surface area contributed by atoms with Crippen molar-refractivity contribution in [1.29, 1.82) is 0 Å². The Morgan fingerprint density at radius 3 is 2.20 bits per heavy atom. The van der Waals surface area contributed by atoms with Gasteiger partial charge < -0.3 is 9.79 Å². The SMILES string of the molecule is C/C=C/C(CC)P(=O)(O)O. The molecule has 60 valence electrons. The number of hydrogen-bond donors (Lipinski definition) is 2. The summed E-state index contributed by atoms with van der Waals surface area (Å²) in [6.45, 7) is 3.50. The molecule has 0 rings (SSSR count). The van der Waals surface area contributed by atoms with Crippen LogP contribution < -0.4 is 0 Å². The van der Waals surface area contributed by atoms with E-state index in [0.29, 0.717) is 6.42 Å². The van der Waals surface area contributed by atoms with Gasteiger partial charge in [-0.3, -0.25) is 4.57 Å². The molecule has 0 saturated carbocycles. The molecule has 0 bridgehead atoms. The van der Waals surface area contributed by atoms with E-state index in [4.69, 9.17) is 9.79 Å². The largest absolute Gasteiger partial charge is 0.332 e. The summed E-state index contributed by atoms with van der Waals surface area (Å²) in [7, 11) is -3.88. The lowest BCUT2D eigenvalue weighted by molar-refractivity contribution is 0.363. The maximum atomic E-state index is 10.6. The van der Waals surface area contributed by atoms with E-state index >= 15 is 0 Å². The maximum absolute atomic E-state index is 10.6. The van der Waals surface area contributed by atoms with Gasteiger partial charge in [-0.05, 0) is 13.3 Å². The van der Waals surface area contributed by atoms with Crippen molar-refractivity contribution in [3.63, 3.8) is 0 Å². The lowest BCUT2D eigenvalue weighted by Crippen LogP contribution is -2.01. The highest BCUT2D eigenvalue weighted by molar-refractivity contribution is 7.52. The molecule has 0 heterocycles. The Morgan fingerprint density at radius 2 is 2.10 bits per heavy atom. The van der Waals surface area contributed by atoms with Gasteiger partial charge in [-0.25, -0.2) is 0 Å². The molecule has 1 unspecified atom stereocenters. The zero-order valence-corrected chi connectivity index (χ0v) is 7.08. The predicted molar refractivity (Wildman–Crippen MR) is 40.9 cm³/mol. The summed E-state index contributed by atoms with van der Waals surface area (Å²) in [4.78, 5) is 17.3. The van der Waals surface area contributed by atoms with Crippen LogP contribution in [0.5, 0.6) is 0 Å². The Balaban J connectivity index is 4.22. The fraction of sp³-hybridized carbons (Fsp3) is 0.667. The lowest BCUT2D eigenvalue weighted by atomic mass is 10.3. The Kier molecular flexibility index (Phi) is 3.87. The molecular weight excluding hydrogens is 151 g/mol. The first-order valence-corrected chi connectivity index (χ1v) is 4.88. The summed E-state index contributed by atoms with van der Waals surface area (Å²) >= 11 is 0. The standard InChI is InChI=1S/C6H13O3P/c1-3-5-6(4-2)10(7,8)9/h3,5-6H,4H2,1-2H3,(H2,7,8,9)/b5-3+. The Morgan fingerprint density at radius 1 is 1.60 bits per heavy atom. The second-order valence-corrected chi connectivity index (χ2v) is 3.93. The molecule has 0 saturated heterocycles. The second kappa shape index (κ2) is 3.91. The molecule has 4 heteroatoms. The third kappa shape index (κ3) is 3.16. The highest BCUT2D eigenvalue weighted by atomic mass is 31.2. The molecule has 0 aliphatic rings. The van der Waals surface area contributed by atoms with Crippen LogP contribution in [0.1, 0.15) is 20.3 Å². The van der Waals surface area contributed by atoms with Gasteiger partial charge in [-0.15, -0.1) is 0 Å². The molecule has 10 heavy (non-hydrogen) atoms. The minimum atomic E-state index is -3.88. The smallest absolute Gasteiger partial charge is 0.324 e. The molecule has 0 spiro atoms. The first kappa shape index (κ1) is 9.89. The average Bonchev–Trinajstić information content (AvgIpc) is 1.80. The third-order valence-electron chi connectivity index (χ3n) is 1.26. The van der Waals surface area contributed by atoms with E-state index < -0.39 is 13.3 Å². The summed E-state index contributed by atoms with van der Waals surface area (Å²) in [6.07, 6.45) is 3.68. The quantitative estimate of drug-likeness (QED) is 0.491. The minimum absolute atomic E-state index is 0.481. The van der Waals surface area contributed by atoms with Crippen LogP contribution in [0.3, 0.4) is 0 Å². The lowest BCUT2D eigenvalue weighted by Gasteiger charge is -2.10. The molecule has 0 fully saturated rings. The highest BCUT2D eigenvalue weighted by Gasteiger charge is 2.23.